The van der Waals surface area contributed by atoms with E-state index < -0.39 is 0 Å². The van der Waals surface area contributed by atoms with E-state index in [0.29, 0.717) is 0 Å². The van der Waals surface area contributed by atoms with Crippen LogP contribution in [0.3, 0.4) is 0 Å². The highest BCUT2D eigenvalue weighted by atomic mass is 14.9. The second kappa shape index (κ2) is 2.60. The van der Waals surface area contributed by atoms with Gasteiger partial charge in [0.1, 0.15) is 0 Å². The summed E-state index contributed by atoms with van der Waals surface area (Å²) in [5, 5.41) is 3.56. The number of rotatable bonds is 0. The Morgan fingerprint density at radius 1 is 1.08 bits per heavy atom. The van der Waals surface area contributed by atoms with Crippen LogP contribution in [-0.4, -0.2) is 13.1 Å². The fraction of sp³-hybridized carbons (Fsp3) is 0.833. The third-order valence-electron chi connectivity index (χ3n) is 4.51. The molecule has 0 aromatic carbocycles. The van der Waals surface area contributed by atoms with Crippen molar-refractivity contribution in [2.75, 3.05) is 13.1 Å². The van der Waals surface area contributed by atoms with E-state index in [2.05, 4.69) is 19.2 Å². The summed E-state index contributed by atoms with van der Waals surface area (Å²) < 4.78 is 0. The van der Waals surface area contributed by atoms with Gasteiger partial charge in [-0.05, 0) is 63.5 Å². The fourth-order valence-corrected chi connectivity index (χ4v) is 4.18. The largest absolute Gasteiger partial charge is 0.316 e. The lowest BCUT2D eigenvalue weighted by molar-refractivity contribution is 0.281. The van der Waals surface area contributed by atoms with E-state index in [0.717, 1.165) is 23.7 Å². The van der Waals surface area contributed by atoms with Gasteiger partial charge in [0.15, 0.2) is 0 Å². The highest BCUT2D eigenvalue weighted by Crippen LogP contribution is 2.57. The van der Waals surface area contributed by atoms with Gasteiger partial charge in [0, 0.05) is 0 Å². The van der Waals surface area contributed by atoms with Gasteiger partial charge in [-0.25, -0.2) is 0 Å². The topological polar surface area (TPSA) is 12.0 Å². The lowest BCUT2D eigenvalue weighted by Gasteiger charge is -2.21. The molecule has 2 aliphatic carbocycles. The van der Waals surface area contributed by atoms with Gasteiger partial charge in [-0.2, -0.15) is 0 Å². The third-order valence-corrected chi connectivity index (χ3v) is 4.51. The maximum atomic E-state index is 3.56. The van der Waals surface area contributed by atoms with Crippen LogP contribution in [0.2, 0.25) is 0 Å². The Kier molecular flexibility index (Phi) is 1.61. The van der Waals surface area contributed by atoms with E-state index in [-0.39, 0.29) is 0 Å². The average Bonchev–Trinajstić information content (AvgIpc) is 2.75. The second-order valence-corrected chi connectivity index (χ2v) is 5.23. The summed E-state index contributed by atoms with van der Waals surface area (Å²) in [7, 11) is 0. The predicted molar refractivity (Wildman–Crippen MR) is 54.4 cm³/mol. The van der Waals surface area contributed by atoms with Gasteiger partial charge in [-0.15, -0.1) is 0 Å². The van der Waals surface area contributed by atoms with Crippen LogP contribution in [0, 0.1) is 23.7 Å². The van der Waals surface area contributed by atoms with Crippen molar-refractivity contribution in [1.82, 2.24) is 5.32 Å². The van der Waals surface area contributed by atoms with Crippen molar-refractivity contribution in [1.29, 1.82) is 0 Å². The molecule has 2 saturated carbocycles. The molecule has 3 fully saturated rings. The van der Waals surface area contributed by atoms with E-state index in [1.165, 1.54) is 25.9 Å². The molecular formula is C12H19N. The first-order valence-corrected chi connectivity index (χ1v) is 5.67. The summed E-state index contributed by atoms with van der Waals surface area (Å²) in [6.07, 6.45) is 2.96. The van der Waals surface area contributed by atoms with Crippen molar-refractivity contribution in [3.63, 3.8) is 0 Å². The summed E-state index contributed by atoms with van der Waals surface area (Å²) in [6.45, 7) is 7.22. The Morgan fingerprint density at radius 2 is 1.62 bits per heavy atom. The van der Waals surface area contributed by atoms with Gasteiger partial charge in [0.25, 0.3) is 0 Å². The Hall–Kier alpha value is -0.300. The van der Waals surface area contributed by atoms with Crippen molar-refractivity contribution >= 4 is 0 Å². The Morgan fingerprint density at radius 3 is 2.08 bits per heavy atom. The number of hydrogen-bond acceptors (Lipinski definition) is 1. The van der Waals surface area contributed by atoms with Gasteiger partial charge < -0.3 is 5.32 Å². The number of fused-ring (bicyclic) bond motifs is 5. The smallest absolute Gasteiger partial charge is 0.00113 e. The molecule has 3 aliphatic rings. The maximum absolute atomic E-state index is 3.56. The molecule has 4 atom stereocenters. The van der Waals surface area contributed by atoms with E-state index in [4.69, 9.17) is 0 Å². The molecule has 1 saturated heterocycles. The highest BCUT2D eigenvalue weighted by molar-refractivity contribution is 5.29. The standard InChI is InChI=1S/C12H19N/c1-7(2)12-8-3-4-9(12)11-6-13-5-10(8)11/h8-11,13H,3-6H2,1-2H3. The Labute approximate surface area is 80.6 Å². The van der Waals surface area contributed by atoms with Crippen LogP contribution in [-0.2, 0) is 0 Å². The molecule has 0 spiro atoms. The van der Waals surface area contributed by atoms with Gasteiger partial charge in [-0.1, -0.05) is 11.1 Å². The quantitative estimate of drug-likeness (QED) is 0.559. The fourth-order valence-electron chi connectivity index (χ4n) is 4.18. The molecule has 2 bridgehead atoms. The summed E-state index contributed by atoms with van der Waals surface area (Å²) in [5.41, 5.74) is 3.48. The molecule has 1 aliphatic heterocycles. The van der Waals surface area contributed by atoms with Crippen LogP contribution in [0.5, 0.6) is 0 Å². The lowest BCUT2D eigenvalue weighted by Crippen LogP contribution is -2.19. The maximum Gasteiger partial charge on any atom is -0.00113 e. The number of hydrogen-bond donors (Lipinski definition) is 1. The van der Waals surface area contributed by atoms with Gasteiger partial charge >= 0.3 is 0 Å². The minimum atomic E-state index is 0.968. The van der Waals surface area contributed by atoms with E-state index in [1.807, 2.05) is 5.57 Å². The molecule has 3 rings (SSSR count). The zero-order chi connectivity index (χ0) is 9.00. The molecule has 0 aromatic heterocycles. The molecular weight excluding hydrogens is 158 g/mol. The average molecular weight is 177 g/mol. The molecule has 4 unspecified atom stereocenters. The predicted octanol–water partition coefficient (Wildman–Crippen LogP) is 2.20. The van der Waals surface area contributed by atoms with Crippen LogP contribution in [0.4, 0.5) is 0 Å². The SMILES string of the molecule is CC(C)=C1C2CCC1C1CNCC21. The first kappa shape index (κ1) is 8.05. The third kappa shape index (κ3) is 0.914. The summed E-state index contributed by atoms with van der Waals surface area (Å²) in [4.78, 5) is 0. The molecule has 1 heterocycles. The normalized spacial score (nSPS) is 47.1. The molecule has 1 heteroatoms. The van der Waals surface area contributed by atoms with Crippen molar-refractivity contribution < 1.29 is 0 Å². The first-order chi connectivity index (χ1) is 6.29. The Balaban J connectivity index is 2.01. The minimum Gasteiger partial charge on any atom is -0.316 e. The van der Waals surface area contributed by atoms with E-state index in [1.54, 1.807) is 5.57 Å². The number of nitrogens with one attached hydrogen (secondary N) is 1. The first-order valence-electron chi connectivity index (χ1n) is 5.67. The zero-order valence-electron chi connectivity index (χ0n) is 8.64. The van der Waals surface area contributed by atoms with Crippen LogP contribution in [0.25, 0.3) is 0 Å². The molecule has 72 valence electrons. The van der Waals surface area contributed by atoms with Crippen molar-refractivity contribution in [2.24, 2.45) is 23.7 Å². The number of allylic oxidation sites excluding steroid dienone is 2. The molecule has 0 aromatic rings. The summed E-state index contributed by atoms with van der Waals surface area (Å²) in [6, 6.07) is 0. The van der Waals surface area contributed by atoms with Crippen LogP contribution in [0.15, 0.2) is 11.1 Å². The van der Waals surface area contributed by atoms with Crippen molar-refractivity contribution in [3.8, 4) is 0 Å². The monoisotopic (exact) mass is 177 g/mol. The summed E-state index contributed by atoms with van der Waals surface area (Å²) >= 11 is 0. The van der Waals surface area contributed by atoms with Gasteiger partial charge in [0.05, 0.1) is 0 Å². The molecule has 1 nitrogen and oxygen atoms in total. The van der Waals surface area contributed by atoms with Crippen LogP contribution < -0.4 is 5.32 Å². The minimum absolute atomic E-state index is 0.968. The molecule has 0 radical (unpaired) electrons. The van der Waals surface area contributed by atoms with Crippen LogP contribution in [0.1, 0.15) is 26.7 Å². The molecule has 13 heavy (non-hydrogen) atoms. The van der Waals surface area contributed by atoms with Crippen molar-refractivity contribution in [3.05, 3.63) is 11.1 Å². The van der Waals surface area contributed by atoms with E-state index >= 15 is 0 Å². The summed E-state index contributed by atoms with van der Waals surface area (Å²) in [5.74, 6) is 3.94. The lowest BCUT2D eigenvalue weighted by atomic mass is 9.82. The molecule has 1 N–H and O–H groups in total. The van der Waals surface area contributed by atoms with E-state index in [9.17, 15) is 0 Å². The molecule has 0 amide bonds. The zero-order valence-corrected chi connectivity index (χ0v) is 8.64. The van der Waals surface area contributed by atoms with Gasteiger partial charge in [-0.3, -0.25) is 0 Å². The van der Waals surface area contributed by atoms with Crippen molar-refractivity contribution in [2.45, 2.75) is 26.7 Å². The van der Waals surface area contributed by atoms with Crippen LogP contribution >= 0.6 is 0 Å². The second-order valence-electron chi connectivity index (χ2n) is 5.23. The van der Waals surface area contributed by atoms with Gasteiger partial charge in [0.2, 0.25) is 0 Å². The highest BCUT2D eigenvalue weighted by Gasteiger charge is 2.52. The Bertz CT molecular complexity index is 242.